The Morgan fingerprint density at radius 2 is 1.85 bits per heavy atom. The molecule has 1 fully saturated rings. The lowest BCUT2D eigenvalue weighted by Gasteiger charge is -2.22. The highest BCUT2D eigenvalue weighted by Crippen LogP contribution is 2.28. The molecule has 142 valence electrons. The normalized spacial score (nSPS) is 16.5. The summed E-state index contributed by atoms with van der Waals surface area (Å²) in [7, 11) is 0. The third-order valence-electron chi connectivity index (χ3n) is 5.07. The number of hydrogen-bond acceptors (Lipinski definition) is 3. The van der Waals surface area contributed by atoms with Gasteiger partial charge in [0.05, 0.1) is 5.92 Å². The summed E-state index contributed by atoms with van der Waals surface area (Å²) in [5.74, 6) is -0.438. The maximum atomic E-state index is 12.6. The minimum absolute atomic E-state index is 0.00465. The Balaban J connectivity index is 1.67. The molecule has 1 N–H and O–H groups in total. The van der Waals surface area contributed by atoms with Gasteiger partial charge in [0.25, 0.3) is 0 Å². The van der Waals surface area contributed by atoms with Gasteiger partial charge in [-0.2, -0.15) is 0 Å². The summed E-state index contributed by atoms with van der Waals surface area (Å²) in [5.41, 5.74) is 3.85. The summed E-state index contributed by atoms with van der Waals surface area (Å²) in [6.45, 7) is 8.54. The summed E-state index contributed by atoms with van der Waals surface area (Å²) in [4.78, 5) is 29.0. The van der Waals surface area contributed by atoms with Crippen molar-refractivity contribution in [2.45, 2.75) is 27.2 Å². The highest BCUT2D eigenvalue weighted by Gasteiger charge is 2.35. The smallest absolute Gasteiger partial charge is 0.229 e. The van der Waals surface area contributed by atoms with Crippen molar-refractivity contribution in [2.24, 2.45) is 5.92 Å². The van der Waals surface area contributed by atoms with Crippen LogP contribution in [-0.4, -0.2) is 31.4 Å². The summed E-state index contributed by atoms with van der Waals surface area (Å²) < 4.78 is 0. The number of benzene rings is 2. The Morgan fingerprint density at radius 3 is 2.48 bits per heavy atom. The van der Waals surface area contributed by atoms with E-state index in [0.717, 1.165) is 35.7 Å². The van der Waals surface area contributed by atoms with Crippen LogP contribution in [0.1, 0.15) is 25.8 Å². The highest BCUT2D eigenvalue weighted by atomic mass is 16.2. The lowest BCUT2D eigenvalue weighted by atomic mass is 10.1. The molecule has 1 saturated heterocycles. The van der Waals surface area contributed by atoms with Gasteiger partial charge in [0.1, 0.15) is 0 Å². The summed E-state index contributed by atoms with van der Waals surface area (Å²) in [5, 5.41) is 2.93. The number of hydrogen-bond donors (Lipinski definition) is 1. The molecular formula is C22H27N3O2. The van der Waals surface area contributed by atoms with Crippen molar-refractivity contribution in [3.8, 4) is 0 Å². The molecule has 5 heteroatoms. The van der Waals surface area contributed by atoms with Crippen molar-refractivity contribution in [3.63, 3.8) is 0 Å². The number of amides is 2. The lowest BCUT2D eigenvalue weighted by Crippen LogP contribution is -2.28. The van der Waals surface area contributed by atoms with Crippen LogP contribution in [0.5, 0.6) is 0 Å². The number of anilines is 3. The average molecular weight is 365 g/mol. The molecule has 0 aliphatic carbocycles. The molecule has 3 rings (SSSR count). The first-order valence-corrected chi connectivity index (χ1v) is 9.54. The number of carbonyl (C=O) groups is 2. The lowest BCUT2D eigenvalue weighted by molar-refractivity contribution is -0.122. The molecule has 0 spiro atoms. The van der Waals surface area contributed by atoms with Gasteiger partial charge in [-0.15, -0.1) is 0 Å². The van der Waals surface area contributed by atoms with Crippen LogP contribution in [0.25, 0.3) is 0 Å². The number of aryl methyl sites for hydroxylation is 1. The average Bonchev–Trinajstić information content (AvgIpc) is 3.05. The number of nitrogens with one attached hydrogen (secondary N) is 1. The van der Waals surface area contributed by atoms with Crippen LogP contribution in [0.4, 0.5) is 17.1 Å². The van der Waals surface area contributed by atoms with Crippen LogP contribution in [0.2, 0.25) is 0 Å². The minimum Gasteiger partial charge on any atom is -0.372 e. The van der Waals surface area contributed by atoms with E-state index in [1.165, 1.54) is 0 Å². The minimum atomic E-state index is -0.333. The van der Waals surface area contributed by atoms with E-state index < -0.39 is 0 Å². The molecule has 0 radical (unpaired) electrons. The van der Waals surface area contributed by atoms with E-state index in [4.69, 9.17) is 0 Å². The van der Waals surface area contributed by atoms with Gasteiger partial charge in [-0.25, -0.2) is 0 Å². The Labute approximate surface area is 161 Å². The summed E-state index contributed by atoms with van der Waals surface area (Å²) in [6.07, 6.45) is 0.245. The van der Waals surface area contributed by atoms with Crippen LogP contribution >= 0.6 is 0 Å². The first-order chi connectivity index (χ1) is 13.0. The fourth-order valence-electron chi connectivity index (χ4n) is 3.53. The van der Waals surface area contributed by atoms with E-state index in [2.05, 4.69) is 24.1 Å². The van der Waals surface area contributed by atoms with E-state index in [0.29, 0.717) is 6.54 Å². The third-order valence-corrected chi connectivity index (χ3v) is 5.07. The third kappa shape index (κ3) is 4.30. The second kappa shape index (κ2) is 8.25. The first kappa shape index (κ1) is 19.0. The molecule has 0 aromatic heterocycles. The molecule has 1 unspecified atom stereocenters. The van der Waals surface area contributed by atoms with Crippen molar-refractivity contribution in [3.05, 3.63) is 54.1 Å². The number of rotatable bonds is 6. The molecule has 1 heterocycles. The molecule has 1 aliphatic rings. The van der Waals surface area contributed by atoms with Crippen LogP contribution in [0, 0.1) is 12.8 Å². The maximum Gasteiger partial charge on any atom is 0.229 e. The predicted octanol–water partition coefficient (Wildman–Crippen LogP) is 3.83. The predicted molar refractivity (Wildman–Crippen MR) is 110 cm³/mol. The van der Waals surface area contributed by atoms with E-state index >= 15 is 0 Å². The maximum absolute atomic E-state index is 12.6. The molecule has 2 aromatic carbocycles. The van der Waals surface area contributed by atoms with E-state index in [1.807, 2.05) is 55.5 Å². The fraction of sp³-hybridized carbons (Fsp3) is 0.364. The number of carbonyl (C=O) groups excluding carboxylic acids is 2. The first-order valence-electron chi connectivity index (χ1n) is 9.54. The largest absolute Gasteiger partial charge is 0.372 e. The standard InChI is InChI=1S/C22H27N3O2/c1-4-24(5-2)19-9-11-20(12-10-19)25-15-17(14-21(25)26)22(27)23-18-8-6-7-16(3)13-18/h6-13,17H,4-5,14-15H2,1-3H3,(H,23,27). The highest BCUT2D eigenvalue weighted by molar-refractivity contribution is 6.03. The van der Waals surface area contributed by atoms with Gasteiger partial charge in [0.2, 0.25) is 11.8 Å². The zero-order valence-electron chi connectivity index (χ0n) is 16.2. The van der Waals surface area contributed by atoms with Crippen LogP contribution in [-0.2, 0) is 9.59 Å². The van der Waals surface area contributed by atoms with Crippen molar-refractivity contribution in [1.82, 2.24) is 0 Å². The Morgan fingerprint density at radius 1 is 1.15 bits per heavy atom. The molecule has 27 heavy (non-hydrogen) atoms. The molecular weight excluding hydrogens is 338 g/mol. The molecule has 1 atom stereocenters. The topological polar surface area (TPSA) is 52.6 Å². The van der Waals surface area contributed by atoms with Crippen molar-refractivity contribution in [1.29, 1.82) is 0 Å². The molecule has 0 bridgehead atoms. The van der Waals surface area contributed by atoms with Crippen molar-refractivity contribution in [2.75, 3.05) is 34.8 Å². The van der Waals surface area contributed by atoms with Gasteiger partial charge in [0, 0.05) is 43.1 Å². The zero-order chi connectivity index (χ0) is 19.4. The second-order valence-corrected chi connectivity index (χ2v) is 6.95. The van der Waals surface area contributed by atoms with Gasteiger partial charge in [-0.1, -0.05) is 12.1 Å². The van der Waals surface area contributed by atoms with Crippen LogP contribution < -0.4 is 15.1 Å². The molecule has 0 saturated carbocycles. The van der Waals surface area contributed by atoms with Crippen molar-refractivity contribution < 1.29 is 9.59 Å². The van der Waals surface area contributed by atoms with E-state index in [1.54, 1.807) is 4.90 Å². The van der Waals surface area contributed by atoms with Gasteiger partial charge in [-0.3, -0.25) is 9.59 Å². The zero-order valence-corrected chi connectivity index (χ0v) is 16.2. The van der Waals surface area contributed by atoms with Gasteiger partial charge in [-0.05, 0) is 62.7 Å². The Hall–Kier alpha value is -2.82. The molecule has 1 aliphatic heterocycles. The molecule has 5 nitrogen and oxygen atoms in total. The monoisotopic (exact) mass is 365 g/mol. The van der Waals surface area contributed by atoms with Gasteiger partial charge >= 0.3 is 0 Å². The number of nitrogens with zero attached hydrogens (tertiary/aromatic N) is 2. The van der Waals surface area contributed by atoms with Crippen LogP contribution in [0.3, 0.4) is 0 Å². The van der Waals surface area contributed by atoms with Crippen LogP contribution in [0.15, 0.2) is 48.5 Å². The molecule has 2 aromatic rings. The Bertz CT molecular complexity index is 813. The van der Waals surface area contributed by atoms with Gasteiger partial charge < -0.3 is 15.1 Å². The SMILES string of the molecule is CCN(CC)c1ccc(N2CC(C(=O)Nc3cccc(C)c3)CC2=O)cc1. The van der Waals surface area contributed by atoms with E-state index in [-0.39, 0.29) is 24.2 Å². The van der Waals surface area contributed by atoms with Gasteiger partial charge in [0.15, 0.2) is 0 Å². The molecule has 2 amide bonds. The Kier molecular flexibility index (Phi) is 5.79. The quantitative estimate of drug-likeness (QED) is 0.846. The summed E-state index contributed by atoms with van der Waals surface area (Å²) in [6, 6.07) is 15.7. The van der Waals surface area contributed by atoms with Crippen molar-refractivity contribution >= 4 is 28.9 Å². The van der Waals surface area contributed by atoms with E-state index in [9.17, 15) is 9.59 Å². The second-order valence-electron chi connectivity index (χ2n) is 6.95. The summed E-state index contributed by atoms with van der Waals surface area (Å²) >= 11 is 0. The fourth-order valence-corrected chi connectivity index (χ4v) is 3.53.